The van der Waals surface area contributed by atoms with Crippen molar-refractivity contribution in [1.29, 1.82) is 0 Å². The SMILES string of the molecule is CCOC(=O)C1=C(CN2CCN(C(=O)c3ccccc3)[C@@H](C)C2)N(C)C(=O)N[C@@H]1c1cccc(OC)c1OC. The second kappa shape index (κ2) is 12.2. The number of para-hydroxylation sites is 1. The number of amides is 3. The van der Waals surface area contributed by atoms with Crippen molar-refractivity contribution in [2.24, 2.45) is 0 Å². The predicted molar refractivity (Wildman–Crippen MR) is 146 cm³/mol. The lowest BCUT2D eigenvalue weighted by Gasteiger charge is -2.42. The number of piperazine rings is 1. The van der Waals surface area contributed by atoms with E-state index in [0.717, 1.165) is 0 Å². The molecule has 2 aliphatic heterocycles. The number of esters is 1. The van der Waals surface area contributed by atoms with Gasteiger partial charge in [-0.25, -0.2) is 9.59 Å². The van der Waals surface area contributed by atoms with Gasteiger partial charge in [-0.05, 0) is 32.0 Å². The number of carbonyl (C=O) groups is 3. The Morgan fingerprint density at radius 2 is 1.77 bits per heavy atom. The van der Waals surface area contributed by atoms with Crippen molar-refractivity contribution in [3.8, 4) is 11.5 Å². The number of urea groups is 1. The van der Waals surface area contributed by atoms with Gasteiger partial charge < -0.3 is 24.4 Å². The van der Waals surface area contributed by atoms with Crippen LogP contribution in [0.3, 0.4) is 0 Å². The molecule has 208 valence electrons. The van der Waals surface area contributed by atoms with Crippen LogP contribution in [0.15, 0.2) is 59.8 Å². The molecule has 2 heterocycles. The van der Waals surface area contributed by atoms with E-state index >= 15 is 0 Å². The van der Waals surface area contributed by atoms with E-state index < -0.39 is 12.0 Å². The molecule has 2 aromatic carbocycles. The van der Waals surface area contributed by atoms with Crippen LogP contribution < -0.4 is 14.8 Å². The zero-order valence-corrected chi connectivity index (χ0v) is 23.1. The van der Waals surface area contributed by atoms with E-state index in [1.807, 2.05) is 42.2 Å². The lowest BCUT2D eigenvalue weighted by atomic mass is 9.93. The summed E-state index contributed by atoms with van der Waals surface area (Å²) < 4.78 is 16.6. The monoisotopic (exact) mass is 536 g/mol. The van der Waals surface area contributed by atoms with Gasteiger partial charge in [-0.2, -0.15) is 0 Å². The normalized spacial score (nSPS) is 20.0. The van der Waals surface area contributed by atoms with Gasteiger partial charge in [-0.3, -0.25) is 14.6 Å². The molecule has 2 aliphatic rings. The lowest BCUT2D eigenvalue weighted by Crippen LogP contribution is -2.56. The van der Waals surface area contributed by atoms with E-state index in [2.05, 4.69) is 10.2 Å². The first-order chi connectivity index (χ1) is 18.8. The maximum absolute atomic E-state index is 13.4. The highest BCUT2D eigenvalue weighted by molar-refractivity contribution is 5.96. The summed E-state index contributed by atoms with van der Waals surface area (Å²) in [6.07, 6.45) is 0. The van der Waals surface area contributed by atoms with Gasteiger partial charge in [0.2, 0.25) is 0 Å². The third-order valence-electron chi connectivity index (χ3n) is 7.18. The molecule has 1 saturated heterocycles. The van der Waals surface area contributed by atoms with E-state index in [4.69, 9.17) is 14.2 Å². The molecular formula is C29H36N4O6. The Labute approximate surface area is 229 Å². The molecule has 2 aromatic rings. The Balaban J connectivity index is 1.66. The van der Waals surface area contributed by atoms with Gasteiger partial charge in [-0.1, -0.05) is 30.3 Å². The van der Waals surface area contributed by atoms with Gasteiger partial charge in [0, 0.05) is 56.1 Å². The molecule has 0 aromatic heterocycles. The Morgan fingerprint density at radius 3 is 2.41 bits per heavy atom. The summed E-state index contributed by atoms with van der Waals surface area (Å²) in [6, 6.07) is 13.4. The largest absolute Gasteiger partial charge is 0.493 e. The molecule has 4 rings (SSSR count). The second-order valence-corrected chi connectivity index (χ2v) is 9.55. The molecule has 10 heteroatoms. The summed E-state index contributed by atoms with van der Waals surface area (Å²) >= 11 is 0. The second-order valence-electron chi connectivity index (χ2n) is 9.55. The first-order valence-electron chi connectivity index (χ1n) is 13.0. The molecule has 0 unspecified atom stereocenters. The molecule has 39 heavy (non-hydrogen) atoms. The standard InChI is InChI=1S/C29H36N4O6/c1-6-39-28(35)24-22(18-32-15-16-33(19(2)17-32)27(34)20-11-8-7-9-12-20)31(3)29(36)30-25(24)21-13-10-14-23(37-4)26(21)38-5/h7-14,19,25H,6,15-18H2,1-5H3,(H,30,36)/t19-,25+/m0/s1. The molecule has 10 nitrogen and oxygen atoms in total. The van der Waals surface area contributed by atoms with E-state index in [-0.39, 0.29) is 24.6 Å². The maximum Gasteiger partial charge on any atom is 0.338 e. The number of hydrogen-bond acceptors (Lipinski definition) is 7. The van der Waals surface area contributed by atoms with E-state index in [1.54, 1.807) is 32.2 Å². The minimum Gasteiger partial charge on any atom is -0.493 e. The number of ether oxygens (including phenoxy) is 3. The van der Waals surface area contributed by atoms with Crippen LogP contribution in [-0.4, -0.2) is 92.7 Å². The molecule has 0 aliphatic carbocycles. The number of hydrogen-bond donors (Lipinski definition) is 1. The number of nitrogens with zero attached hydrogens (tertiary/aromatic N) is 3. The van der Waals surface area contributed by atoms with Gasteiger partial charge in [0.25, 0.3) is 5.91 Å². The summed E-state index contributed by atoms with van der Waals surface area (Å²) in [4.78, 5) is 45.1. The van der Waals surface area contributed by atoms with Crippen molar-refractivity contribution in [3.63, 3.8) is 0 Å². The smallest absolute Gasteiger partial charge is 0.338 e. The minimum atomic E-state index is -0.800. The van der Waals surface area contributed by atoms with Crippen molar-refractivity contribution in [2.75, 3.05) is 54.1 Å². The number of carbonyl (C=O) groups excluding carboxylic acids is 3. The van der Waals surface area contributed by atoms with Crippen molar-refractivity contribution in [2.45, 2.75) is 25.9 Å². The molecule has 2 atom stereocenters. The molecule has 0 radical (unpaired) electrons. The zero-order chi connectivity index (χ0) is 28.1. The van der Waals surface area contributed by atoms with Crippen LogP contribution in [0, 0.1) is 0 Å². The molecule has 3 amide bonds. The fourth-order valence-corrected chi connectivity index (χ4v) is 5.21. The van der Waals surface area contributed by atoms with Crippen LogP contribution in [0.5, 0.6) is 11.5 Å². The van der Waals surface area contributed by atoms with Crippen LogP contribution in [0.1, 0.15) is 35.8 Å². The number of nitrogens with one attached hydrogen (secondary N) is 1. The topological polar surface area (TPSA) is 101 Å². The molecule has 0 bridgehead atoms. The lowest BCUT2D eigenvalue weighted by molar-refractivity contribution is -0.139. The van der Waals surface area contributed by atoms with Crippen LogP contribution in [0.25, 0.3) is 0 Å². The molecule has 1 fully saturated rings. The number of methoxy groups -OCH3 is 2. The Morgan fingerprint density at radius 1 is 1.03 bits per heavy atom. The highest BCUT2D eigenvalue weighted by atomic mass is 16.5. The first-order valence-corrected chi connectivity index (χ1v) is 13.0. The highest BCUT2D eigenvalue weighted by Crippen LogP contribution is 2.40. The molecule has 1 N–H and O–H groups in total. The summed E-state index contributed by atoms with van der Waals surface area (Å²) in [7, 11) is 4.69. The summed E-state index contributed by atoms with van der Waals surface area (Å²) in [5.41, 5.74) is 2.12. The maximum atomic E-state index is 13.4. The summed E-state index contributed by atoms with van der Waals surface area (Å²) in [5.74, 6) is 0.396. The Hall–Kier alpha value is -4.05. The van der Waals surface area contributed by atoms with Gasteiger partial charge in [-0.15, -0.1) is 0 Å². The van der Waals surface area contributed by atoms with E-state index in [0.29, 0.717) is 60.1 Å². The van der Waals surface area contributed by atoms with Crippen molar-refractivity contribution in [3.05, 3.63) is 70.9 Å². The van der Waals surface area contributed by atoms with Crippen molar-refractivity contribution >= 4 is 17.9 Å². The fourth-order valence-electron chi connectivity index (χ4n) is 5.21. The van der Waals surface area contributed by atoms with Crippen LogP contribution in [0.4, 0.5) is 4.79 Å². The third kappa shape index (κ3) is 5.70. The number of benzene rings is 2. The molecular weight excluding hydrogens is 500 g/mol. The summed E-state index contributed by atoms with van der Waals surface area (Å²) in [5, 5.41) is 2.94. The van der Waals surface area contributed by atoms with Crippen LogP contribution in [-0.2, 0) is 9.53 Å². The number of rotatable bonds is 8. The average Bonchev–Trinajstić information content (AvgIpc) is 2.95. The quantitative estimate of drug-likeness (QED) is 0.518. The van der Waals surface area contributed by atoms with Gasteiger partial charge in [0.15, 0.2) is 11.5 Å². The van der Waals surface area contributed by atoms with E-state index in [9.17, 15) is 14.4 Å². The molecule has 0 spiro atoms. The Bertz CT molecular complexity index is 1250. The Kier molecular flexibility index (Phi) is 8.75. The predicted octanol–water partition coefficient (Wildman–Crippen LogP) is 3.06. The van der Waals surface area contributed by atoms with Crippen LogP contribution >= 0.6 is 0 Å². The van der Waals surface area contributed by atoms with Gasteiger partial charge in [0.05, 0.1) is 32.4 Å². The third-order valence-corrected chi connectivity index (χ3v) is 7.18. The zero-order valence-electron chi connectivity index (χ0n) is 23.1. The molecule has 0 saturated carbocycles. The van der Waals surface area contributed by atoms with Crippen molar-refractivity contribution in [1.82, 2.24) is 20.0 Å². The first kappa shape index (κ1) is 28.0. The van der Waals surface area contributed by atoms with E-state index in [1.165, 1.54) is 19.1 Å². The summed E-state index contributed by atoms with van der Waals surface area (Å²) in [6.45, 7) is 5.97. The van der Waals surface area contributed by atoms with Crippen molar-refractivity contribution < 1.29 is 28.6 Å². The highest BCUT2D eigenvalue weighted by Gasteiger charge is 2.40. The number of likely N-dealkylation sites (N-methyl/N-ethyl adjacent to an activating group) is 1. The minimum absolute atomic E-state index is 0.00600. The van der Waals surface area contributed by atoms with Gasteiger partial charge >= 0.3 is 12.0 Å². The fraction of sp³-hybridized carbons (Fsp3) is 0.414. The van der Waals surface area contributed by atoms with Crippen LogP contribution in [0.2, 0.25) is 0 Å². The average molecular weight is 537 g/mol. The van der Waals surface area contributed by atoms with Gasteiger partial charge in [0.1, 0.15) is 0 Å².